The van der Waals surface area contributed by atoms with Gasteiger partial charge in [-0.05, 0) is 24.8 Å². The number of amides is 1. The van der Waals surface area contributed by atoms with Gasteiger partial charge in [-0.25, -0.2) is 0 Å². The van der Waals surface area contributed by atoms with Crippen molar-refractivity contribution in [2.45, 2.75) is 18.2 Å². The first-order chi connectivity index (χ1) is 7.18. The number of carbonyl (C=O) groups is 1. The van der Waals surface area contributed by atoms with Crippen LogP contribution in [0.5, 0.6) is 0 Å². The van der Waals surface area contributed by atoms with E-state index in [9.17, 15) is 4.79 Å². The lowest BCUT2D eigenvalue weighted by atomic mass is 10.3. The number of nitrogens with one attached hydrogen (secondary N) is 1. The van der Waals surface area contributed by atoms with Gasteiger partial charge in [0.1, 0.15) is 5.69 Å². The van der Waals surface area contributed by atoms with E-state index in [0.29, 0.717) is 18.2 Å². The SMILES string of the molecule is Cn1nccc1C(=O)NCC(Cl)C1CC1. The second kappa shape index (κ2) is 4.23. The van der Waals surface area contributed by atoms with Gasteiger partial charge in [0.05, 0.1) is 5.38 Å². The third-order valence-corrected chi connectivity index (χ3v) is 3.16. The molecule has 0 aliphatic heterocycles. The zero-order valence-electron chi connectivity index (χ0n) is 8.61. The number of alkyl halides is 1. The van der Waals surface area contributed by atoms with Crippen molar-refractivity contribution in [2.75, 3.05) is 6.54 Å². The van der Waals surface area contributed by atoms with E-state index in [1.165, 1.54) is 12.8 Å². The highest BCUT2D eigenvalue weighted by Gasteiger charge is 2.29. The first-order valence-corrected chi connectivity index (χ1v) is 5.52. The summed E-state index contributed by atoms with van der Waals surface area (Å²) in [6.07, 6.45) is 3.99. The molecule has 0 radical (unpaired) electrons. The highest BCUT2D eigenvalue weighted by atomic mass is 35.5. The fraction of sp³-hybridized carbons (Fsp3) is 0.600. The molecule has 1 aliphatic rings. The van der Waals surface area contributed by atoms with Gasteiger partial charge >= 0.3 is 0 Å². The minimum atomic E-state index is -0.110. The van der Waals surface area contributed by atoms with Crippen molar-refractivity contribution < 1.29 is 4.79 Å². The molecule has 1 aromatic heterocycles. The number of nitrogens with zero attached hydrogens (tertiary/aromatic N) is 2. The molecule has 15 heavy (non-hydrogen) atoms. The van der Waals surface area contributed by atoms with Crippen molar-refractivity contribution in [3.05, 3.63) is 18.0 Å². The molecule has 2 rings (SSSR count). The van der Waals surface area contributed by atoms with Crippen molar-refractivity contribution in [2.24, 2.45) is 13.0 Å². The van der Waals surface area contributed by atoms with Crippen LogP contribution in [0.25, 0.3) is 0 Å². The molecule has 4 nitrogen and oxygen atoms in total. The monoisotopic (exact) mass is 227 g/mol. The van der Waals surface area contributed by atoms with Crippen LogP contribution in [-0.2, 0) is 7.05 Å². The van der Waals surface area contributed by atoms with E-state index in [-0.39, 0.29) is 11.3 Å². The van der Waals surface area contributed by atoms with E-state index in [4.69, 9.17) is 11.6 Å². The maximum Gasteiger partial charge on any atom is 0.269 e. The normalized spacial score (nSPS) is 17.5. The number of rotatable bonds is 4. The van der Waals surface area contributed by atoms with Crippen LogP contribution in [0.3, 0.4) is 0 Å². The molecule has 1 aromatic rings. The van der Waals surface area contributed by atoms with Crippen LogP contribution in [-0.4, -0.2) is 27.6 Å². The molecule has 5 heteroatoms. The fourth-order valence-corrected chi connectivity index (χ4v) is 1.83. The number of aryl methyl sites for hydroxylation is 1. The molecule has 0 aromatic carbocycles. The minimum Gasteiger partial charge on any atom is -0.349 e. The third kappa shape index (κ3) is 2.50. The van der Waals surface area contributed by atoms with Gasteiger partial charge in [-0.3, -0.25) is 9.48 Å². The highest BCUT2D eigenvalue weighted by Crippen LogP contribution is 2.35. The predicted molar refractivity (Wildman–Crippen MR) is 57.9 cm³/mol. The van der Waals surface area contributed by atoms with E-state index in [2.05, 4.69) is 10.4 Å². The van der Waals surface area contributed by atoms with Crippen molar-refractivity contribution in [3.63, 3.8) is 0 Å². The van der Waals surface area contributed by atoms with Crippen LogP contribution >= 0.6 is 11.6 Å². The summed E-state index contributed by atoms with van der Waals surface area (Å²) in [6.45, 7) is 0.538. The largest absolute Gasteiger partial charge is 0.349 e. The summed E-state index contributed by atoms with van der Waals surface area (Å²) < 4.78 is 1.55. The number of hydrogen-bond donors (Lipinski definition) is 1. The Morgan fingerprint density at radius 1 is 1.80 bits per heavy atom. The smallest absolute Gasteiger partial charge is 0.269 e. The number of hydrogen-bond acceptors (Lipinski definition) is 2. The average Bonchev–Trinajstić information content (AvgIpc) is 2.98. The molecule has 0 saturated heterocycles. The van der Waals surface area contributed by atoms with E-state index in [1.807, 2.05) is 0 Å². The predicted octanol–water partition coefficient (Wildman–Crippen LogP) is 1.17. The van der Waals surface area contributed by atoms with Crippen molar-refractivity contribution in [1.82, 2.24) is 15.1 Å². The Bertz CT molecular complexity index is 359. The Morgan fingerprint density at radius 2 is 2.53 bits per heavy atom. The average molecular weight is 228 g/mol. The minimum absolute atomic E-state index is 0.0715. The van der Waals surface area contributed by atoms with Crippen LogP contribution in [0.2, 0.25) is 0 Å². The summed E-state index contributed by atoms with van der Waals surface area (Å²) in [5.74, 6) is 0.486. The Labute approximate surface area is 93.6 Å². The number of carbonyl (C=O) groups excluding carboxylic acids is 1. The quantitative estimate of drug-likeness (QED) is 0.785. The number of halogens is 1. The molecular formula is C10H14ClN3O. The zero-order valence-corrected chi connectivity index (χ0v) is 9.37. The van der Waals surface area contributed by atoms with Crippen LogP contribution in [0.15, 0.2) is 12.3 Å². The van der Waals surface area contributed by atoms with Crippen LogP contribution in [0.4, 0.5) is 0 Å². The maximum absolute atomic E-state index is 11.6. The highest BCUT2D eigenvalue weighted by molar-refractivity contribution is 6.21. The molecule has 1 atom stereocenters. The van der Waals surface area contributed by atoms with Gasteiger partial charge in [-0.1, -0.05) is 0 Å². The van der Waals surface area contributed by atoms with E-state index in [0.717, 1.165) is 0 Å². The summed E-state index contributed by atoms with van der Waals surface area (Å²) in [6, 6.07) is 1.69. The molecular weight excluding hydrogens is 214 g/mol. The van der Waals surface area contributed by atoms with Crippen molar-refractivity contribution in [3.8, 4) is 0 Å². The summed E-state index contributed by atoms with van der Waals surface area (Å²) >= 11 is 6.09. The molecule has 1 heterocycles. The second-order valence-electron chi connectivity index (χ2n) is 3.90. The van der Waals surface area contributed by atoms with Gasteiger partial charge < -0.3 is 5.32 Å². The molecule has 0 bridgehead atoms. The van der Waals surface area contributed by atoms with Gasteiger partial charge in [0.2, 0.25) is 0 Å². The Balaban J connectivity index is 1.84. The molecule has 0 spiro atoms. The molecule has 82 valence electrons. The lowest BCUT2D eigenvalue weighted by molar-refractivity contribution is 0.0943. The molecule has 1 saturated carbocycles. The topological polar surface area (TPSA) is 46.9 Å². The first kappa shape index (κ1) is 10.5. The summed E-state index contributed by atoms with van der Waals surface area (Å²) in [4.78, 5) is 11.6. The van der Waals surface area contributed by atoms with E-state index in [1.54, 1.807) is 24.0 Å². The second-order valence-corrected chi connectivity index (χ2v) is 4.46. The zero-order chi connectivity index (χ0) is 10.8. The van der Waals surface area contributed by atoms with E-state index >= 15 is 0 Å². The summed E-state index contributed by atoms with van der Waals surface area (Å²) in [7, 11) is 1.74. The maximum atomic E-state index is 11.6. The van der Waals surface area contributed by atoms with Crippen molar-refractivity contribution in [1.29, 1.82) is 0 Å². The molecule has 1 N–H and O–H groups in total. The first-order valence-electron chi connectivity index (χ1n) is 5.09. The Morgan fingerprint density at radius 3 is 3.07 bits per heavy atom. The molecule has 1 amide bonds. The molecule has 1 aliphatic carbocycles. The fourth-order valence-electron chi connectivity index (χ4n) is 1.50. The van der Waals surface area contributed by atoms with Crippen LogP contribution in [0.1, 0.15) is 23.3 Å². The van der Waals surface area contributed by atoms with Gasteiger partial charge in [-0.2, -0.15) is 5.10 Å². The molecule has 1 fully saturated rings. The van der Waals surface area contributed by atoms with Gasteiger partial charge in [-0.15, -0.1) is 11.6 Å². The van der Waals surface area contributed by atoms with Crippen LogP contribution < -0.4 is 5.32 Å². The summed E-state index contributed by atoms with van der Waals surface area (Å²) in [5, 5.41) is 6.82. The van der Waals surface area contributed by atoms with Crippen molar-refractivity contribution >= 4 is 17.5 Å². The van der Waals surface area contributed by atoms with Crippen LogP contribution in [0, 0.1) is 5.92 Å². The number of aromatic nitrogens is 2. The lowest BCUT2D eigenvalue weighted by Gasteiger charge is -2.09. The molecule has 1 unspecified atom stereocenters. The Kier molecular flexibility index (Phi) is 2.95. The van der Waals surface area contributed by atoms with E-state index < -0.39 is 0 Å². The van der Waals surface area contributed by atoms with Gasteiger partial charge in [0.15, 0.2) is 0 Å². The Hall–Kier alpha value is -1.03. The third-order valence-electron chi connectivity index (χ3n) is 2.64. The van der Waals surface area contributed by atoms with Gasteiger partial charge in [0, 0.05) is 19.8 Å². The standard InChI is InChI=1S/C10H14ClN3O/c1-14-9(4-5-13-14)10(15)12-6-8(11)7-2-3-7/h4-5,7-8H,2-3,6H2,1H3,(H,12,15). The summed E-state index contributed by atoms with van der Waals surface area (Å²) in [5.41, 5.74) is 0.565. The lowest BCUT2D eigenvalue weighted by Crippen LogP contribution is -2.31. The van der Waals surface area contributed by atoms with Gasteiger partial charge in [0.25, 0.3) is 5.91 Å².